The van der Waals surface area contributed by atoms with Gasteiger partial charge in [-0.05, 0) is 43.3 Å². The minimum absolute atomic E-state index is 0.385. The van der Waals surface area contributed by atoms with Crippen molar-refractivity contribution in [2.75, 3.05) is 26.7 Å². The summed E-state index contributed by atoms with van der Waals surface area (Å²) in [5.41, 5.74) is 0. The molecule has 2 N–H and O–H groups in total. The van der Waals surface area contributed by atoms with Gasteiger partial charge in [0.25, 0.3) is 0 Å². The van der Waals surface area contributed by atoms with Crippen LogP contribution < -0.4 is 10.6 Å². The van der Waals surface area contributed by atoms with E-state index in [-0.39, 0.29) is 0 Å². The lowest BCUT2D eigenvalue weighted by atomic mass is 9.97. The monoisotopic (exact) mass is 375 g/mol. The number of hydrogen-bond acceptors (Lipinski definition) is 5. The molecule has 0 saturated carbocycles. The van der Waals surface area contributed by atoms with E-state index in [0.29, 0.717) is 12.6 Å². The first-order valence-corrected chi connectivity index (χ1v) is 10.1. The number of hydrogen-bond donors (Lipinski definition) is 2. The van der Waals surface area contributed by atoms with Gasteiger partial charge in [-0.25, -0.2) is 0 Å². The second kappa shape index (κ2) is 9.14. The third-order valence-corrected chi connectivity index (χ3v) is 6.01. The van der Waals surface area contributed by atoms with Crippen molar-refractivity contribution in [3.05, 3.63) is 34.5 Å². The van der Waals surface area contributed by atoms with Crippen LogP contribution in [0, 0.1) is 5.92 Å². The number of rotatable bonds is 6. The number of nitrogens with zero attached hydrogens (tertiary/aromatic N) is 5. The van der Waals surface area contributed by atoms with Crippen LogP contribution in [-0.2, 0) is 13.6 Å². The van der Waals surface area contributed by atoms with Crippen LogP contribution in [0.5, 0.6) is 0 Å². The molecule has 1 aliphatic heterocycles. The van der Waals surface area contributed by atoms with Crippen LogP contribution in [0.1, 0.15) is 36.5 Å². The van der Waals surface area contributed by atoms with E-state index in [0.717, 1.165) is 37.3 Å². The van der Waals surface area contributed by atoms with E-state index in [4.69, 9.17) is 0 Å². The highest BCUT2D eigenvalue weighted by Gasteiger charge is 2.25. The molecule has 2 aromatic rings. The van der Waals surface area contributed by atoms with E-state index < -0.39 is 0 Å². The van der Waals surface area contributed by atoms with Crippen molar-refractivity contribution in [3.8, 4) is 0 Å². The molecule has 3 rings (SSSR count). The fraction of sp³-hybridized carbons (Fsp3) is 0.611. The number of nitrogens with one attached hydrogen (secondary N) is 2. The highest BCUT2D eigenvalue weighted by molar-refractivity contribution is 7.10. The van der Waals surface area contributed by atoms with Crippen molar-refractivity contribution in [3.63, 3.8) is 0 Å². The summed E-state index contributed by atoms with van der Waals surface area (Å²) in [6, 6.07) is 4.77. The number of likely N-dealkylation sites (tertiary alicyclic amines) is 1. The number of guanidine groups is 1. The molecule has 0 spiro atoms. The highest BCUT2D eigenvalue weighted by Crippen LogP contribution is 2.28. The summed E-state index contributed by atoms with van der Waals surface area (Å²) in [5.74, 6) is 2.51. The molecule has 0 radical (unpaired) electrons. The number of aliphatic imine (C=N–C) groups is 1. The predicted octanol–water partition coefficient (Wildman–Crippen LogP) is 2.01. The lowest BCUT2D eigenvalue weighted by Crippen LogP contribution is -2.44. The van der Waals surface area contributed by atoms with E-state index in [9.17, 15) is 0 Å². The van der Waals surface area contributed by atoms with Crippen molar-refractivity contribution in [1.29, 1.82) is 0 Å². The Morgan fingerprint density at radius 3 is 2.81 bits per heavy atom. The molecule has 7 nitrogen and oxygen atoms in total. The summed E-state index contributed by atoms with van der Waals surface area (Å²) < 4.78 is 1.91. The van der Waals surface area contributed by atoms with Gasteiger partial charge in [0.05, 0.1) is 12.6 Å². The Balaban J connectivity index is 1.58. The number of thiophene rings is 1. The Morgan fingerprint density at radius 2 is 2.19 bits per heavy atom. The van der Waals surface area contributed by atoms with Crippen LogP contribution >= 0.6 is 11.3 Å². The van der Waals surface area contributed by atoms with Crippen LogP contribution in [0.4, 0.5) is 0 Å². The van der Waals surface area contributed by atoms with Crippen LogP contribution in [0.2, 0.25) is 0 Å². The van der Waals surface area contributed by atoms with E-state index in [1.165, 1.54) is 17.7 Å². The normalized spacial score (nSPS) is 18.0. The first-order valence-electron chi connectivity index (χ1n) is 9.22. The van der Waals surface area contributed by atoms with E-state index in [1.807, 2.05) is 23.0 Å². The Hall–Kier alpha value is -1.93. The predicted molar refractivity (Wildman–Crippen MR) is 106 cm³/mol. The van der Waals surface area contributed by atoms with E-state index in [2.05, 4.69) is 55.2 Å². The summed E-state index contributed by atoms with van der Waals surface area (Å²) in [7, 11) is 3.74. The zero-order valence-corrected chi connectivity index (χ0v) is 16.7. The largest absolute Gasteiger partial charge is 0.354 e. The second-order valence-electron chi connectivity index (χ2n) is 6.91. The van der Waals surface area contributed by atoms with Gasteiger partial charge in [0.1, 0.15) is 6.33 Å². The topological polar surface area (TPSA) is 70.4 Å². The zero-order chi connectivity index (χ0) is 18.4. The van der Waals surface area contributed by atoms with Crippen LogP contribution in [0.3, 0.4) is 0 Å². The molecular weight excluding hydrogens is 346 g/mol. The fourth-order valence-corrected chi connectivity index (χ4v) is 4.14. The average molecular weight is 376 g/mol. The summed E-state index contributed by atoms with van der Waals surface area (Å²) >= 11 is 1.83. The molecule has 0 bridgehead atoms. The lowest BCUT2D eigenvalue weighted by Gasteiger charge is -2.36. The molecule has 1 atom stereocenters. The maximum atomic E-state index is 4.35. The third kappa shape index (κ3) is 4.82. The minimum Gasteiger partial charge on any atom is -0.354 e. The Labute approximate surface area is 159 Å². The van der Waals surface area contributed by atoms with Gasteiger partial charge in [-0.15, -0.1) is 21.5 Å². The van der Waals surface area contributed by atoms with Crippen molar-refractivity contribution in [2.24, 2.45) is 18.0 Å². The van der Waals surface area contributed by atoms with Crippen molar-refractivity contribution < 1.29 is 0 Å². The maximum absolute atomic E-state index is 4.35. The number of piperidine rings is 1. The smallest absolute Gasteiger partial charge is 0.191 e. The molecule has 1 saturated heterocycles. The molecule has 1 aliphatic rings. The summed E-state index contributed by atoms with van der Waals surface area (Å²) in [6.45, 7) is 6.12. The van der Waals surface area contributed by atoms with Crippen LogP contribution in [0.25, 0.3) is 0 Å². The minimum atomic E-state index is 0.385. The van der Waals surface area contributed by atoms with Gasteiger partial charge in [-0.1, -0.05) is 13.0 Å². The number of aryl methyl sites for hydroxylation is 1. The summed E-state index contributed by atoms with van der Waals surface area (Å²) in [6.07, 6.45) is 4.26. The van der Waals surface area contributed by atoms with Crippen molar-refractivity contribution >= 4 is 17.3 Å². The Morgan fingerprint density at radius 1 is 1.38 bits per heavy atom. The van der Waals surface area contributed by atoms with Crippen LogP contribution in [0.15, 0.2) is 28.8 Å². The van der Waals surface area contributed by atoms with E-state index >= 15 is 0 Å². The standard InChI is InChI=1S/C18H29N7S/c1-14-6-8-25(9-7-14)15(16-5-4-10-26-16)11-20-18(19-2)21-12-17-23-22-13-24(17)3/h4-5,10,13-15H,6-9,11-12H2,1-3H3,(H2,19,20,21). The summed E-state index contributed by atoms with van der Waals surface area (Å²) in [4.78, 5) is 8.37. The molecule has 26 heavy (non-hydrogen) atoms. The molecular formula is C18H29N7S. The number of aromatic nitrogens is 3. The van der Waals surface area contributed by atoms with Gasteiger partial charge in [-0.2, -0.15) is 0 Å². The fourth-order valence-electron chi connectivity index (χ4n) is 3.27. The van der Waals surface area contributed by atoms with Gasteiger partial charge >= 0.3 is 0 Å². The Kier molecular flexibility index (Phi) is 6.62. The SMILES string of the molecule is CN=C(NCc1nncn1C)NCC(c1cccs1)N1CCC(C)CC1. The first-order chi connectivity index (χ1) is 12.7. The Bertz CT molecular complexity index is 686. The van der Waals surface area contributed by atoms with Gasteiger partial charge < -0.3 is 15.2 Å². The van der Waals surface area contributed by atoms with Crippen molar-refractivity contribution in [2.45, 2.75) is 32.4 Å². The maximum Gasteiger partial charge on any atom is 0.191 e. The van der Waals surface area contributed by atoms with Gasteiger partial charge in [-0.3, -0.25) is 9.89 Å². The molecule has 1 fully saturated rings. The molecule has 1 unspecified atom stereocenters. The van der Waals surface area contributed by atoms with Gasteiger partial charge in [0.2, 0.25) is 0 Å². The molecule has 0 aromatic carbocycles. The lowest BCUT2D eigenvalue weighted by molar-refractivity contribution is 0.140. The molecule has 142 valence electrons. The second-order valence-corrected chi connectivity index (χ2v) is 7.89. The van der Waals surface area contributed by atoms with E-state index in [1.54, 1.807) is 13.4 Å². The van der Waals surface area contributed by atoms with Gasteiger partial charge in [0.15, 0.2) is 11.8 Å². The van der Waals surface area contributed by atoms with Crippen molar-refractivity contribution in [1.82, 2.24) is 30.3 Å². The molecule has 0 amide bonds. The third-order valence-electron chi connectivity index (χ3n) is 5.04. The molecule has 0 aliphatic carbocycles. The van der Waals surface area contributed by atoms with Crippen LogP contribution in [-0.4, -0.2) is 52.3 Å². The van der Waals surface area contributed by atoms with Gasteiger partial charge in [0, 0.05) is 25.5 Å². The molecule has 3 heterocycles. The quantitative estimate of drug-likeness (QED) is 0.597. The molecule has 8 heteroatoms. The average Bonchev–Trinajstić information content (AvgIpc) is 3.31. The zero-order valence-electron chi connectivity index (χ0n) is 15.9. The molecule has 2 aromatic heterocycles. The summed E-state index contributed by atoms with van der Waals surface area (Å²) in [5, 5.41) is 17.0. The first kappa shape index (κ1) is 18.8. The highest BCUT2D eigenvalue weighted by atomic mass is 32.1.